The minimum absolute atomic E-state index is 0.000382. The Balaban J connectivity index is 1.73. The van der Waals surface area contributed by atoms with E-state index in [1.807, 2.05) is 11.4 Å². The molecule has 0 heterocycles. The summed E-state index contributed by atoms with van der Waals surface area (Å²) in [4.78, 5) is 21.9. The highest BCUT2D eigenvalue weighted by Crippen LogP contribution is 2.37. The molecule has 2 fully saturated rings. The number of carbonyl (C=O) groups excluding carboxylic acids is 2. The summed E-state index contributed by atoms with van der Waals surface area (Å²) >= 11 is 0. The molecule has 0 bridgehead atoms. The molecular formula is C15H21FN2O3. The maximum Gasteiger partial charge on any atom is 0.272 e. The van der Waals surface area contributed by atoms with Crippen LogP contribution in [0.25, 0.3) is 0 Å². The molecule has 0 aromatic rings. The van der Waals surface area contributed by atoms with Crippen LogP contribution in [0.2, 0.25) is 0 Å². The highest BCUT2D eigenvalue weighted by Gasteiger charge is 2.26. The Hall–Kier alpha value is -1.85. The molecular weight excluding hydrogens is 275 g/mol. The van der Waals surface area contributed by atoms with E-state index in [-0.39, 0.29) is 6.42 Å². The molecule has 0 saturated heterocycles. The van der Waals surface area contributed by atoms with Gasteiger partial charge in [-0.3, -0.25) is 9.59 Å². The molecule has 21 heavy (non-hydrogen) atoms. The Morgan fingerprint density at radius 3 is 2.62 bits per heavy atom. The Morgan fingerprint density at radius 1 is 1.33 bits per heavy atom. The van der Waals surface area contributed by atoms with E-state index in [4.69, 9.17) is 10.5 Å². The van der Waals surface area contributed by atoms with E-state index in [0.29, 0.717) is 11.8 Å². The van der Waals surface area contributed by atoms with Gasteiger partial charge in [0.1, 0.15) is 0 Å². The quantitative estimate of drug-likeness (QED) is 0.385. The largest absolute Gasteiger partial charge is 0.501 e. The first-order valence-electron chi connectivity index (χ1n) is 7.27. The summed E-state index contributed by atoms with van der Waals surface area (Å²) in [6.45, 7) is 0.757. The summed E-state index contributed by atoms with van der Waals surface area (Å²) in [5, 5.41) is 1.88. The Labute approximate surface area is 123 Å². The van der Waals surface area contributed by atoms with E-state index < -0.39 is 18.1 Å². The highest BCUT2D eigenvalue weighted by molar-refractivity contribution is 5.85. The van der Waals surface area contributed by atoms with Crippen molar-refractivity contribution in [2.45, 2.75) is 38.4 Å². The minimum Gasteiger partial charge on any atom is -0.501 e. The number of halogens is 1. The predicted octanol–water partition coefficient (Wildman–Crippen LogP) is 1.55. The maximum absolute atomic E-state index is 12.9. The molecule has 5 nitrogen and oxygen atoms in total. The van der Waals surface area contributed by atoms with Gasteiger partial charge in [-0.1, -0.05) is 12.2 Å². The van der Waals surface area contributed by atoms with Gasteiger partial charge in [0.15, 0.2) is 0 Å². The number of hydrogen-bond donors (Lipinski definition) is 2. The number of nitrogens with one attached hydrogen (secondary N) is 1. The van der Waals surface area contributed by atoms with Gasteiger partial charge in [0.2, 0.25) is 5.91 Å². The maximum atomic E-state index is 12.9. The van der Waals surface area contributed by atoms with E-state index in [2.05, 4.69) is 0 Å². The fraction of sp³-hybridized carbons (Fsp3) is 0.600. The first-order chi connectivity index (χ1) is 10.1. The van der Waals surface area contributed by atoms with Crippen molar-refractivity contribution in [1.29, 1.82) is 0 Å². The van der Waals surface area contributed by atoms with Crippen LogP contribution in [-0.2, 0) is 14.3 Å². The van der Waals surface area contributed by atoms with Crippen LogP contribution in [0, 0.1) is 11.8 Å². The normalized spacial score (nSPS) is 20.3. The van der Waals surface area contributed by atoms with Gasteiger partial charge in [0.05, 0.1) is 12.9 Å². The molecule has 0 unspecified atom stereocenters. The van der Waals surface area contributed by atoms with E-state index in [1.54, 1.807) is 12.3 Å². The van der Waals surface area contributed by atoms with E-state index >= 15 is 0 Å². The summed E-state index contributed by atoms with van der Waals surface area (Å²) in [6.07, 6.45) is 7.86. The van der Waals surface area contributed by atoms with Gasteiger partial charge in [0.25, 0.3) is 12.2 Å². The summed E-state index contributed by atoms with van der Waals surface area (Å²) in [5.74, 6) is -0.569. The van der Waals surface area contributed by atoms with Crippen LogP contribution in [0.15, 0.2) is 24.0 Å². The van der Waals surface area contributed by atoms with Gasteiger partial charge in [0, 0.05) is 6.42 Å². The lowest BCUT2D eigenvalue weighted by molar-refractivity contribution is -0.130. The number of alkyl halides is 1. The number of rotatable bonds is 9. The molecule has 2 rings (SSSR count). The zero-order valence-electron chi connectivity index (χ0n) is 11.9. The standard InChI is InChI=1S/C15H21FN2O3/c16-14(15(17)20)18-13(19)3-1-2-12(11-6-7-11)9-21-8-10-4-5-10/h1-2,9-11,14H,3-8H2,(H2,17,20)(H,18,19)/b2-1-,12-9-/t14-/m0/s1. The monoisotopic (exact) mass is 296 g/mol. The Bertz CT molecular complexity index is 454. The number of ether oxygens (including phenoxy) is 1. The molecule has 0 radical (unpaired) electrons. The van der Waals surface area contributed by atoms with E-state index in [0.717, 1.165) is 25.0 Å². The van der Waals surface area contributed by atoms with Crippen LogP contribution in [0.3, 0.4) is 0 Å². The summed E-state index contributed by atoms with van der Waals surface area (Å²) < 4.78 is 18.4. The Morgan fingerprint density at radius 2 is 2.05 bits per heavy atom. The van der Waals surface area contributed by atoms with Crippen molar-refractivity contribution < 1.29 is 18.7 Å². The molecule has 2 amide bonds. The zero-order chi connectivity index (χ0) is 15.2. The van der Waals surface area contributed by atoms with Crippen molar-refractivity contribution in [3.63, 3.8) is 0 Å². The lowest BCUT2D eigenvalue weighted by atomic mass is 10.1. The summed E-state index contributed by atoms with van der Waals surface area (Å²) in [6, 6.07) is 0. The summed E-state index contributed by atoms with van der Waals surface area (Å²) in [5.41, 5.74) is 5.79. The SMILES string of the molecule is NC(=O)[C@@H](F)NC(=O)C/C=C\C(=C\OCC1CC1)C1CC1. The van der Waals surface area contributed by atoms with Gasteiger partial charge >= 0.3 is 0 Å². The molecule has 2 aliphatic rings. The van der Waals surface area contributed by atoms with Crippen molar-refractivity contribution in [3.05, 3.63) is 24.0 Å². The number of amides is 2. The fourth-order valence-corrected chi connectivity index (χ4v) is 1.83. The van der Waals surface area contributed by atoms with Crippen molar-refractivity contribution in [2.75, 3.05) is 6.61 Å². The van der Waals surface area contributed by atoms with Gasteiger partial charge < -0.3 is 15.8 Å². The molecule has 3 N–H and O–H groups in total. The van der Waals surface area contributed by atoms with Crippen LogP contribution >= 0.6 is 0 Å². The number of allylic oxidation sites excluding steroid dienone is 2. The average molecular weight is 296 g/mol. The molecule has 2 aliphatic carbocycles. The molecule has 6 heteroatoms. The van der Waals surface area contributed by atoms with Crippen LogP contribution < -0.4 is 11.1 Å². The fourth-order valence-electron chi connectivity index (χ4n) is 1.83. The third-order valence-electron chi connectivity index (χ3n) is 3.45. The molecule has 0 spiro atoms. The van der Waals surface area contributed by atoms with Crippen molar-refractivity contribution in [1.82, 2.24) is 5.32 Å². The van der Waals surface area contributed by atoms with Crippen LogP contribution in [0.5, 0.6) is 0 Å². The second-order valence-corrected chi connectivity index (χ2v) is 5.61. The summed E-state index contributed by atoms with van der Waals surface area (Å²) in [7, 11) is 0. The predicted molar refractivity (Wildman–Crippen MR) is 75.5 cm³/mol. The molecule has 1 atom stereocenters. The van der Waals surface area contributed by atoms with Crippen molar-refractivity contribution >= 4 is 11.8 Å². The van der Waals surface area contributed by atoms with Gasteiger partial charge in [-0.2, -0.15) is 0 Å². The van der Waals surface area contributed by atoms with Gasteiger partial charge in [-0.25, -0.2) is 4.39 Å². The first-order valence-corrected chi connectivity index (χ1v) is 7.27. The van der Waals surface area contributed by atoms with Gasteiger partial charge in [-0.05, 0) is 43.1 Å². The van der Waals surface area contributed by atoms with E-state index in [9.17, 15) is 14.0 Å². The topological polar surface area (TPSA) is 81.4 Å². The molecule has 0 aromatic heterocycles. The minimum atomic E-state index is -2.13. The Kier molecular flexibility index (Phi) is 5.36. The van der Waals surface area contributed by atoms with Crippen molar-refractivity contribution in [2.24, 2.45) is 17.6 Å². The highest BCUT2D eigenvalue weighted by atomic mass is 19.1. The first kappa shape index (κ1) is 15.5. The number of nitrogens with two attached hydrogens (primary N) is 1. The second-order valence-electron chi connectivity index (χ2n) is 5.61. The smallest absolute Gasteiger partial charge is 0.272 e. The molecule has 2 saturated carbocycles. The number of hydrogen-bond acceptors (Lipinski definition) is 3. The average Bonchev–Trinajstić information content (AvgIpc) is 3.29. The number of primary amides is 1. The van der Waals surface area contributed by atoms with Crippen LogP contribution in [-0.4, -0.2) is 24.7 Å². The van der Waals surface area contributed by atoms with Crippen LogP contribution in [0.1, 0.15) is 32.1 Å². The second kappa shape index (κ2) is 7.24. The third kappa shape index (κ3) is 5.97. The zero-order valence-corrected chi connectivity index (χ0v) is 11.9. The third-order valence-corrected chi connectivity index (χ3v) is 3.45. The van der Waals surface area contributed by atoms with Crippen molar-refractivity contribution in [3.8, 4) is 0 Å². The lowest BCUT2D eigenvalue weighted by Gasteiger charge is -2.05. The molecule has 116 valence electrons. The van der Waals surface area contributed by atoms with Crippen LogP contribution in [0.4, 0.5) is 4.39 Å². The number of carbonyl (C=O) groups is 2. The lowest BCUT2D eigenvalue weighted by Crippen LogP contribution is -2.40. The van der Waals surface area contributed by atoms with E-state index in [1.165, 1.54) is 12.8 Å². The van der Waals surface area contributed by atoms with Gasteiger partial charge in [-0.15, -0.1) is 0 Å². The molecule has 0 aliphatic heterocycles. The molecule has 0 aromatic carbocycles.